The second kappa shape index (κ2) is 11.6. The molecule has 0 spiro atoms. The first kappa shape index (κ1) is 28.6. The van der Waals surface area contributed by atoms with Crippen LogP contribution in [0.1, 0.15) is 50.7 Å². The second-order valence-electron chi connectivity index (χ2n) is 10.8. The number of imidazole rings is 1. The maximum Gasteiger partial charge on any atom is 0.170 e. The number of aromatic nitrogens is 5. The molecular weight excluding hydrogens is 485 g/mol. The van der Waals surface area contributed by atoms with Gasteiger partial charge in [0.15, 0.2) is 11.9 Å². The average molecular weight is 522 g/mol. The topological polar surface area (TPSA) is 99.5 Å². The number of rotatable bonds is 8. The third-order valence-corrected chi connectivity index (χ3v) is 6.45. The monoisotopic (exact) mass is 521 g/mol. The number of benzene rings is 1. The molecule has 0 amide bonds. The molecule has 0 aliphatic rings. The highest BCUT2D eigenvalue weighted by Gasteiger charge is 2.23. The van der Waals surface area contributed by atoms with Gasteiger partial charge in [0, 0.05) is 37.3 Å². The molecule has 0 fully saturated rings. The van der Waals surface area contributed by atoms with Crippen LogP contribution in [0.3, 0.4) is 0 Å². The van der Waals surface area contributed by atoms with Crippen molar-refractivity contribution in [3.8, 4) is 11.3 Å². The molecule has 4 rings (SSSR count). The first-order valence-electron chi connectivity index (χ1n) is 12.4. The summed E-state index contributed by atoms with van der Waals surface area (Å²) in [6, 6.07) is 10.1. The van der Waals surface area contributed by atoms with E-state index in [4.69, 9.17) is 0 Å². The van der Waals surface area contributed by atoms with Gasteiger partial charge in [-0.3, -0.25) is 14.8 Å². The zero-order chi connectivity index (χ0) is 28.1. The van der Waals surface area contributed by atoms with Crippen LogP contribution in [-0.2, 0) is 10.2 Å². The number of nitrogens with one attached hydrogen (secondary N) is 1. The minimum absolute atomic E-state index is 0.162. The van der Waals surface area contributed by atoms with Crippen molar-refractivity contribution in [2.75, 3.05) is 32.1 Å². The summed E-state index contributed by atoms with van der Waals surface area (Å²) in [5.74, 6) is 0.698. The highest BCUT2D eigenvalue weighted by atomic mass is 19.1. The van der Waals surface area contributed by atoms with E-state index in [0.29, 0.717) is 23.3 Å². The van der Waals surface area contributed by atoms with Crippen LogP contribution in [0.15, 0.2) is 48.8 Å². The van der Waals surface area contributed by atoms with Gasteiger partial charge in [0.2, 0.25) is 0 Å². The van der Waals surface area contributed by atoms with Crippen molar-refractivity contribution in [1.29, 1.82) is 0 Å². The number of anilines is 1. The van der Waals surface area contributed by atoms with Crippen LogP contribution in [-0.4, -0.2) is 75.0 Å². The van der Waals surface area contributed by atoms with Crippen molar-refractivity contribution in [2.24, 2.45) is 0 Å². The third-order valence-electron chi connectivity index (χ3n) is 6.45. The van der Waals surface area contributed by atoms with E-state index in [0.717, 1.165) is 36.3 Å². The summed E-state index contributed by atoms with van der Waals surface area (Å²) in [7, 11) is 3.95. The predicted octanol–water partition coefficient (Wildman–Crippen LogP) is 4.40. The van der Waals surface area contributed by atoms with Gasteiger partial charge < -0.3 is 9.69 Å². The number of fused-ring (bicyclic) bond motifs is 1. The predicted molar refractivity (Wildman–Crippen MR) is 147 cm³/mol. The molecule has 202 valence electrons. The smallest absolute Gasteiger partial charge is 0.170 e. The van der Waals surface area contributed by atoms with E-state index < -0.39 is 5.54 Å². The van der Waals surface area contributed by atoms with Gasteiger partial charge in [0.25, 0.3) is 0 Å². The lowest BCUT2D eigenvalue weighted by Crippen LogP contribution is -2.45. The summed E-state index contributed by atoms with van der Waals surface area (Å²) < 4.78 is 14.7. The van der Waals surface area contributed by atoms with E-state index in [1.165, 1.54) is 12.1 Å². The molecule has 0 saturated carbocycles. The van der Waals surface area contributed by atoms with Gasteiger partial charge >= 0.3 is 0 Å². The largest absolute Gasteiger partial charge is 0.359 e. The summed E-state index contributed by atoms with van der Waals surface area (Å²) in [6.07, 6.45) is 5.01. The molecular formula is C28H36FN7O2. The Hall–Kier alpha value is -3.92. The number of carbonyl (C=O) groups is 2. The van der Waals surface area contributed by atoms with Crippen molar-refractivity contribution >= 4 is 24.0 Å². The molecule has 0 aliphatic heterocycles. The number of halogens is 1. The molecule has 0 atom stereocenters. The van der Waals surface area contributed by atoms with Crippen LogP contribution < -0.4 is 4.90 Å². The zero-order valence-electron chi connectivity index (χ0n) is 23.1. The zero-order valence-corrected chi connectivity index (χ0v) is 23.1. The number of hydrogen-bond donors (Lipinski definition) is 1. The van der Waals surface area contributed by atoms with Crippen LogP contribution >= 0.6 is 0 Å². The van der Waals surface area contributed by atoms with E-state index in [2.05, 4.69) is 46.0 Å². The minimum atomic E-state index is -0.408. The Kier molecular flexibility index (Phi) is 8.78. The third kappa shape index (κ3) is 6.89. The average Bonchev–Trinajstić information content (AvgIpc) is 3.56. The van der Waals surface area contributed by atoms with Gasteiger partial charge in [-0.05, 0) is 56.6 Å². The number of aromatic amines is 1. The maximum atomic E-state index is 13.1. The number of H-pyrrole nitrogens is 1. The van der Waals surface area contributed by atoms with Gasteiger partial charge in [-0.15, -0.1) is 0 Å². The molecule has 0 unspecified atom stereocenters. The summed E-state index contributed by atoms with van der Waals surface area (Å²) in [4.78, 5) is 30.3. The summed E-state index contributed by atoms with van der Waals surface area (Å²) in [5, 5.41) is 11.3. The van der Waals surface area contributed by atoms with Crippen molar-refractivity contribution in [2.45, 2.75) is 45.6 Å². The van der Waals surface area contributed by atoms with Crippen molar-refractivity contribution < 1.29 is 14.0 Å². The van der Waals surface area contributed by atoms with Gasteiger partial charge in [0.1, 0.15) is 23.6 Å². The molecule has 0 radical (unpaired) electrons. The summed E-state index contributed by atoms with van der Waals surface area (Å²) in [6.45, 7) is 11.7. The lowest BCUT2D eigenvalue weighted by molar-refractivity contribution is -0.116. The maximum absolute atomic E-state index is 13.1. The molecule has 3 heterocycles. The number of likely N-dealkylation sites (N-methyl/N-ethyl adjacent to an activating group) is 2. The highest BCUT2D eigenvalue weighted by molar-refractivity contribution is 5.74. The van der Waals surface area contributed by atoms with E-state index in [1.54, 1.807) is 29.0 Å². The van der Waals surface area contributed by atoms with Gasteiger partial charge in [-0.25, -0.2) is 13.9 Å². The lowest BCUT2D eigenvalue weighted by atomic mass is 9.87. The Labute approximate surface area is 222 Å². The molecule has 3 aromatic heterocycles. The van der Waals surface area contributed by atoms with Crippen LogP contribution in [0.25, 0.3) is 16.9 Å². The standard InChI is InChI=1S/C17H16FN3O.C11H20N4O/c1-17(2,3)14-8-15(11-4-6-12(18)7-5-11)20-21-9-13(10-22)19-16(14)21;1-11(2,9-16)15(4)8-7-14(3)10-5-6-12-13-10/h4-10H,1-3H3;5-6,9H,7-8H2,1-4H3,(H,12,13). The molecule has 10 heteroatoms. The Morgan fingerprint density at radius 2 is 1.71 bits per heavy atom. The second-order valence-corrected chi connectivity index (χ2v) is 10.8. The van der Waals surface area contributed by atoms with Crippen LogP contribution in [0.2, 0.25) is 0 Å². The quantitative estimate of drug-likeness (QED) is 0.343. The van der Waals surface area contributed by atoms with Crippen LogP contribution in [0, 0.1) is 5.82 Å². The summed E-state index contributed by atoms with van der Waals surface area (Å²) in [5.41, 5.74) is 2.95. The van der Waals surface area contributed by atoms with Crippen LogP contribution in [0.4, 0.5) is 10.2 Å². The number of nitrogens with zero attached hydrogens (tertiary/aromatic N) is 6. The van der Waals surface area contributed by atoms with Gasteiger partial charge in [-0.1, -0.05) is 20.8 Å². The molecule has 38 heavy (non-hydrogen) atoms. The fraction of sp³-hybridized carbons (Fsp3) is 0.393. The van der Waals surface area contributed by atoms with Crippen LogP contribution in [0.5, 0.6) is 0 Å². The van der Waals surface area contributed by atoms with Crippen molar-refractivity contribution in [1.82, 2.24) is 29.7 Å². The number of carbonyl (C=O) groups excluding carboxylic acids is 2. The molecule has 4 aromatic rings. The lowest BCUT2D eigenvalue weighted by Gasteiger charge is -2.31. The van der Waals surface area contributed by atoms with E-state index in [-0.39, 0.29) is 11.2 Å². The van der Waals surface area contributed by atoms with Crippen molar-refractivity contribution in [3.63, 3.8) is 0 Å². The number of aldehydes is 2. The SMILES string of the molecule is CC(C)(C)c1cc(-c2ccc(F)cc2)nn2cc(C=O)nc12.CN(CCN(C)C(C)(C)C=O)c1ccn[nH]1. The summed E-state index contributed by atoms with van der Waals surface area (Å²) >= 11 is 0. The molecule has 9 nitrogen and oxygen atoms in total. The highest BCUT2D eigenvalue weighted by Crippen LogP contribution is 2.29. The van der Waals surface area contributed by atoms with E-state index in [1.807, 2.05) is 45.0 Å². The first-order chi connectivity index (χ1) is 17.9. The van der Waals surface area contributed by atoms with Gasteiger partial charge in [0.05, 0.1) is 23.6 Å². The first-order valence-corrected chi connectivity index (χ1v) is 12.4. The Morgan fingerprint density at radius 1 is 1.03 bits per heavy atom. The molecule has 0 bridgehead atoms. The van der Waals surface area contributed by atoms with E-state index >= 15 is 0 Å². The molecule has 0 saturated heterocycles. The Balaban J connectivity index is 0.000000223. The Bertz CT molecular complexity index is 1360. The fourth-order valence-corrected chi connectivity index (χ4v) is 3.63. The minimum Gasteiger partial charge on any atom is -0.359 e. The van der Waals surface area contributed by atoms with Crippen molar-refractivity contribution in [3.05, 3.63) is 65.9 Å². The molecule has 1 N–H and O–H groups in total. The number of hydrogen-bond acceptors (Lipinski definition) is 7. The van der Waals surface area contributed by atoms with Gasteiger partial charge in [-0.2, -0.15) is 10.2 Å². The normalized spacial score (nSPS) is 11.8. The molecule has 0 aliphatic carbocycles. The molecule has 1 aromatic carbocycles. The van der Waals surface area contributed by atoms with E-state index in [9.17, 15) is 14.0 Å². The fourth-order valence-electron chi connectivity index (χ4n) is 3.63. The Morgan fingerprint density at radius 3 is 2.26 bits per heavy atom.